The largest absolute Gasteiger partial charge is 0.462 e. The Morgan fingerprint density at radius 1 is 1.47 bits per heavy atom. The van der Waals surface area contributed by atoms with Gasteiger partial charge in [0.05, 0.1) is 23.3 Å². The molecule has 0 aliphatic rings. The smallest absolute Gasteiger partial charge is 0.417 e. The summed E-state index contributed by atoms with van der Waals surface area (Å²) in [5.41, 5.74) is -1.67. The molecule has 0 N–H and O–H groups in total. The summed E-state index contributed by atoms with van der Waals surface area (Å²) >= 11 is 2.99. The number of hydrogen-bond acceptors (Lipinski definition) is 3. The molecule has 1 aromatic rings. The van der Waals surface area contributed by atoms with E-state index in [4.69, 9.17) is 10.00 Å². The number of carbonyl (C=O) groups excluding carboxylic acids is 1. The zero-order chi connectivity index (χ0) is 14.6. The predicted octanol–water partition coefficient (Wildman–Crippen LogP) is 3.65. The number of esters is 1. The first-order valence-electron chi connectivity index (χ1n) is 5.23. The van der Waals surface area contributed by atoms with Gasteiger partial charge in [-0.2, -0.15) is 18.4 Å². The third-order valence-corrected chi connectivity index (χ3v) is 2.92. The monoisotopic (exact) mass is 335 g/mol. The van der Waals surface area contributed by atoms with Crippen LogP contribution in [0.2, 0.25) is 0 Å². The lowest BCUT2D eigenvalue weighted by atomic mass is 9.97. The van der Waals surface area contributed by atoms with Crippen molar-refractivity contribution in [3.8, 4) is 6.07 Å². The van der Waals surface area contributed by atoms with Crippen LogP contribution in [0, 0.1) is 11.3 Å². The predicted molar refractivity (Wildman–Crippen MR) is 64.7 cm³/mol. The fraction of sp³-hybridized carbons (Fsp3) is 0.333. The number of nitriles is 1. The molecule has 0 bridgehead atoms. The van der Waals surface area contributed by atoms with Gasteiger partial charge < -0.3 is 4.74 Å². The molecule has 0 heterocycles. The van der Waals surface area contributed by atoms with Gasteiger partial charge in [0.2, 0.25) is 0 Å². The Bertz CT molecular complexity index is 535. The Labute approximate surface area is 116 Å². The van der Waals surface area contributed by atoms with E-state index in [2.05, 4.69) is 15.9 Å². The van der Waals surface area contributed by atoms with E-state index in [1.54, 1.807) is 6.92 Å². The van der Waals surface area contributed by atoms with Gasteiger partial charge in [-0.1, -0.05) is 15.9 Å². The van der Waals surface area contributed by atoms with E-state index in [0.29, 0.717) is 0 Å². The molecule has 0 amide bonds. The SMILES string of the molecule is CCOC(=O)c1ccc(C(F)(F)F)c(C#N)c1CBr. The number of carbonyl (C=O) groups is 1. The number of rotatable bonds is 3. The van der Waals surface area contributed by atoms with Gasteiger partial charge >= 0.3 is 12.1 Å². The number of benzene rings is 1. The Morgan fingerprint density at radius 2 is 2.11 bits per heavy atom. The van der Waals surface area contributed by atoms with Crippen molar-refractivity contribution >= 4 is 21.9 Å². The van der Waals surface area contributed by atoms with Gasteiger partial charge in [0.25, 0.3) is 0 Å². The van der Waals surface area contributed by atoms with Gasteiger partial charge in [-0.3, -0.25) is 0 Å². The minimum atomic E-state index is -4.64. The molecule has 0 saturated carbocycles. The molecule has 0 radical (unpaired) electrons. The molecule has 0 fully saturated rings. The average Bonchev–Trinajstić information content (AvgIpc) is 2.35. The molecule has 0 spiro atoms. The lowest BCUT2D eigenvalue weighted by Crippen LogP contribution is -2.14. The zero-order valence-electron chi connectivity index (χ0n) is 9.84. The Hall–Kier alpha value is -1.55. The van der Waals surface area contributed by atoms with Gasteiger partial charge in [-0.15, -0.1) is 0 Å². The normalized spacial score (nSPS) is 10.9. The van der Waals surface area contributed by atoms with E-state index in [1.807, 2.05) is 0 Å². The fourth-order valence-corrected chi connectivity index (χ4v) is 2.13. The van der Waals surface area contributed by atoms with Gasteiger partial charge in [-0.05, 0) is 24.6 Å². The van der Waals surface area contributed by atoms with Crippen LogP contribution in [0.1, 0.15) is 34.0 Å². The van der Waals surface area contributed by atoms with Crippen LogP contribution in [0.25, 0.3) is 0 Å². The van der Waals surface area contributed by atoms with Crippen molar-refractivity contribution in [3.05, 3.63) is 34.4 Å². The lowest BCUT2D eigenvalue weighted by molar-refractivity contribution is -0.137. The molecule has 1 aromatic carbocycles. The van der Waals surface area contributed by atoms with Crippen molar-refractivity contribution in [1.82, 2.24) is 0 Å². The van der Waals surface area contributed by atoms with Gasteiger partial charge in [0.15, 0.2) is 0 Å². The third kappa shape index (κ3) is 3.26. The summed E-state index contributed by atoms with van der Waals surface area (Å²) in [7, 11) is 0. The summed E-state index contributed by atoms with van der Waals surface area (Å²) in [6.45, 7) is 1.68. The molecule has 0 atom stereocenters. The van der Waals surface area contributed by atoms with Gasteiger partial charge in [0.1, 0.15) is 6.07 Å². The molecular formula is C12H9BrF3NO2. The summed E-state index contributed by atoms with van der Waals surface area (Å²) in [5, 5.41) is 8.86. The van der Waals surface area contributed by atoms with Crippen LogP contribution in [0.4, 0.5) is 13.2 Å². The molecule has 19 heavy (non-hydrogen) atoms. The molecule has 0 aliphatic heterocycles. The van der Waals surface area contributed by atoms with Gasteiger partial charge in [0, 0.05) is 5.33 Å². The maximum atomic E-state index is 12.7. The molecule has 7 heteroatoms. The molecule has 0 saturated heterocycles. The first-order chi connectivity index (χ1) is 8.86. The van der Waals surface area contributed by atoms with E-state index in [-0.39, 0.29) is 23.1 Å². The molecule has 3 nitrogen and oxygen atoms in total. The highest BCUT2D eigenvalue weighted by molar-refractivity contribution is 9.08. The lowest BCUT2D eigenvalue weighted by Gasteiger charge is -2.14. The number of ether oxygens (including phenoxy) is 1. The first-order valence-corrected chi connectivity index (χ1v) is 6.35. The van der Waals surface area contributed by atoms with Crippen molar-refractivity contribution in [3.63, 3.8) is 0 Å². The number of nitrogens with zero attached hydrogens (tertiary/aromatic N) is 1. The van der Waals surface area contributed by atoms with Crippen LogP contribution in [0.3, 0.4) is 0 Å². The molecule has 0 aromatic heterocycles. The summed E-state index contributed by atoms with van der Waals surface area (Å²) < 4.78 is 43.0. The maximum absolute atomic E-state index is 12.7. The van der Waals surface area contributed by atoms with E-state index in [1.165, 1.54) is 6.07 Å². The summed E-state index contributed by atoms with van der Waals surface area (Å²) in [6.07, 6.45) is -4.64. The van der Waals surface area contributed by atoms with Crippen LogP contribution in [0.5, 0.6) is 0 Å². The summed E-state index contributed by atoms with van der Waals surface area (Å²) in [5.74, 6) is -0.748. The molecular weight excluding hydrogens is 327 g/mol. The standard InChI is InChI=1S/C12H9BrF3NO2/c1-2-19-11(18)7-3-4-10(12(14,15)16)9(6-17)8(7)5-13/h3-4H,2,5H2,1H3. The van der Waals surface area contributed by atoms with Crippen molar-refractivity contribution in [1.29, 1.82) is 5.26 Å². The second-order valence-electron chi connectivity index (χ2n) is 3.48. The first kappa shape index (κ1) is 15.5. The Kier molecular flexibility index (Phi) is 4.95. The van der Waals surface area contributed by atoms with Crippen LogP contribution < -0.4 is 0 Å². The number of hydrogen-bond donors (Lipinski definition) is 0. The topological polar surface area (TPSA) is 50.1 Å². The van der Waals surface area contributed by atoms with Crippen molar-refractivity contribution in [2.24, 2.45) is 0 Å². The van der Waals surface area contributed by atoms with Crippen LogP contribution in [-0.2, 0) is 16.2 Å². The number of alkyl halides is 4. The zero-order valence-corrected chi connectivity index (χ0v) is 11.4. The second-order valence-corrected chi connectivity index (χ2v) is 4.04. The van der Waals surface area contributed by atoms with Crippen molar-refractivity contribution < 1.29 is 22.7 Å². The minimum Gasteiger partial charge on any atom is -0.462 e. The Morgan fingerprint density at radius 3 is 2.53 bits per heavy atom. The van der Waals surface area contributed by atoms with Crippen LogP contribution >= 0.6 is 15.9 Å². The quantitative estimate of drug-likeness (QED) is 0.625. The van der Waals surface area contributed by atoms with E-state index in [0.717, 1.165) is 12.1 Å². The van der Waals surface area contributed by atoms with Crippen molar-refractivity contribution in [2.75, 3.05) is 6.61 Å². The molecule has 0 aliphatic carbocycles. The van der Waals surface area contributed by atoms with E-state index < -0.39 is 23.3 Å². The Balaban J connectivity index is 3.49. The maximum Gasteiger partial charge on any atom is 0.417 e. The molecule has 1 rings (SSSR count). The summed E-state index contributed by atoms with van der Waals surface area (Å²) in [6, 6.07) is 3.25. The van der Waals surface area contributed by atoms with Crippen molar-refractivity contribution in [2.45, 2.75) is 18.4 Å². The van der Waals surface area contributed by atoms with Gasteiger partial charge in [-0.25, -0.2) is 4.79 Å². The van der Waals surface area contributed by atoms with Crippen LogP contribution in [-0.4, -0.2) is 12.6 Å². The molecule has 0 unspecified atom stereocenters. The molecule has 102 valence electrons. The van der Waals surface area contributed by atoms with Crippen LogP contribution in [0.15, 0.2) is 12.1 Å². The fourth-order valence-electron chi connectivity index (χ4n) is 1.55. The van der Waals surface area contributed by atoms with E-state index in [9.17, 15) is 18.0 Å². The third-order valence-electron chi connectivity index (χ3n) is 2.36. The minimum absolute atomic E-state index is 0.0178. The second kappa shape index (κ2) is 6.06. The summed E-state index contributed by atoms with van der Waals surface area (Å²) in [4.78, 5) is 11.6. The highest BCUT2D eigenvalue weighted by Gasteiger charge is 2.35. The number of halogens is 4. The highest BCUT2D eigenvalue weighted by Crippen LogP contribution is 2.35. The average molecular weight is 336 g/mol. The van der Waals surface area contributed by atoms with E-state index >= 15 is 0 Å². The highest BCUT2D eigenvalue weighted by atomic mass is 79.9.